The minimum atomic E-state index is 0.102. The lowest BCUT2D eigenvalue weighted by Crippen LogP contribution is -2.45. The summed E-state index contributed by atoms with van der Waals surface area (Å²) in [6.07, 6.45) is 3.05. The molecule has 17 heavy (non-hydrogen) atoms. The number of hydrogen-bond acceptors (Lipinski definition) is 3. The molecule has 4 nitrogen and oxygen atoms in total. The third-order valence-corrected chi connectivity index (χ3v) is 3.47. The topological polar surface area (TPSA) is 64.3 Å². The Kier molecular flexibility index (Phi) is 5.92. The number of nitrogens with one attached hydrogen (secondary N) is 1. The fourth-order valence-electron chi connectivity index (χ4n) is 2.24. The summed E-state index contributed by atoms with van der Waals surface area (Å²) in [5.41, 5.74) is 5.63. The zero-order chi connectivity index (χ0) is 12.8. The predicted molar refractivity (Wildman–Crippen MR) is 68.6 cm³/mol. The van der Waals surface area contributed by atoms with Crippen LogP contribution in [0, 0.1) is 11.8 Å². The Bertz CT molecular complexity index is 238. The SMILES string of the molecule is CCOC1CC(CC(=O)NC(CN)C(C)C)C1. The maximum absolute atomic E-state index is 11.8. The summed E-state index contributed by atoms with van der Waals surface area (Å²) >= 11 is 0. The standard InChI is InChI=1S/C13H26N2O2/c1-4-17-11-5-10(6-11)7-13(16)15-12(8-14)9(2)3/h9-12H,4-8,14H2,1-3H3,(H,15,16). The van der Waals surface area contributed by atoms with Gasteiger partial charge >= 0.3 is 0 Å². The maximum atomic E-state index is 11.8. The molecule has 1 rings (SSSR count). The van der Waals surface area contributed by atoms with E-state index in [1.807, 2.05) is 6.92 Å². The first-order valence-corrected chi connectivity index (χ1v) is 6.67. The van der Waals surface area contributed by atoms with Crippen molar-refractivity contribution >= 4 is 5.91 Å². The van der Waals surface area contributed by atoms with Crippen LogP contribution in [0.1, 0.15) is 40.0 Å². The van der Waals surface area contributed by atoms with Crippen molar-refractivity contribution in [2.45, 2.75) is 52.2 Å². The average molecular weight is 242 g/mol. The Hall–Kier alpha value is -0.610. The zero-order valence-corrected chi connectivity index (χ0v) is 11.2. The molecule has 0 bridgehead atoms. The van der Waals surface area contributed by atoms with Gasteiger partial charge in [0, 0.05) is 25.6 Å². The number of nitrogens with two attached hydrogens (primary N) is 1. The predicted octanol–water partition coefficient (Wildman–Crippen LogP) is 1.29. The molecule has 0 aromatic carbocycles. The molecule has 0 heterocycles. The third-order valence-electron chi connectivity index (χ3n) is 3.47. The van der Waals surface area contributed by atoms with E-state index in [1.165, 1.54) is 0 Å². The van der Waals surface area contributed by atoms with Gasteiger partial charge in [-0.25, -0.2) is 0 Å². The second-order valence-corrected chi connectivity index (χ2v) is 5.27. The van der Waals surface area contributed by atoms with Crippen LogP contribution in [0.5, 0.6) is 0 Å². The Balaban J connectivity index is 2.18. The molecule has 1 saturated carbocycles. The average Bonchev–Trinajstić information content (AvgIpc) is 2.22. The quantitative estimate of drug-likeness (QED) is 0.707. The van der Waals surface area contributed by atoms with E-state index in [1.54, 1.807) is 0 Å². The van der Waals surface area contributed by atoms with E-state index in [2.05, 4.69) is 19.2 Å². The second-order valence-electron chi connectivity index (χ2n) is 5.27. The van der Waals surface area contributed by atoms with Crippen LogP contribution in [0.3, 0.4) is 0 Å². The van der Waals surface area contributed by atoms with Gasteiger partial charge in [0.15, 0.2) is 0 Å². The normalized spacial score (nSPS) is 25.5. The van der Waals surface area contributed by atoms with E-state index in [-0.39, 0.29) is 11.9 Å². The smallest absolute Gasteiger partial charge is 0.220 e. The van der Waals surface area contributed by atoms with Crippen molar-refractivity contribution in [2.75, 3.05) is 13.2 Å². The van der Waals surface area contributed by atoms with Crippen molar-refractivity contribution in [3.05, 3.63) is 0 Å². The molecule has 1 aliphatic carbocycles. The summed E-state index contributed by atoms with van der Waals surface area (Å²) in [6, 6.07) is 0.102. The molecule has 0 aromatic rings. The van der Waals surface area contributed by atoms with E-state index < -0.39 is 0 Å². The first kappa shape index (κ1) is 14.5. The van der Waals surface area contributed by atoms with E-state index in [4.69, 9.17) is 10.5 Å². The largest absolute Gasteiger partial charge is 0.378 e. The van der Waals surface area contributed by atoms with Crippen LogP contribution in [0.2, 0.25) is 0 Å². The van der Waals surface area contributed by atoms with Gasteiger partial charge in [-0.2, -0.15) is 0 Å². The minimum Gasteiger partial charge on any atom is -0.378 e. The number of amides is 1. The molecular weight excluding hydrogens is 216 g/mol. The molecule has 1 aliphatic rings. The summed E-state index contributed by atoms with van der Waals surface area (Å²) in [5.74, 6) is 1.02. The number of ether oxygens (including phenoxy) is 1. The van der Waals surface area contributed by atoms with Gasteiger partial charge in [0.2, 0.25) is 5.91 Å². The summed E-state index contributed by atoms with van der Waals surface area (Å²) in [4.78, 5) is 11.8. The summed E-state index contributed by atoms with van der Waals surface area (Å²) < 4.78 is 5.48. The summed E-state index contributed by atoms with van der Waals surface area (Å²) in [7, 11) is 0. The molecule has 0 radical (unpaired) electrons. The number of hydrogen-bond donors (Lipinski definition) is 2. The first-order chi connectivity index (χ1) is 8.06. The van der Waals surface area contributed by atoms with Gasteiger partial charge < -0.3 is 15.8 Å². The van der Waals surface area contributed by atoms with E-state index in [0.717, 1.165) is 19.4 Å². The highest BCUT2D eigenvalue weighted by molar-refractivity contribution is 5.76. The molecule has 1 unspecified atom stereocenters. The first-order valence-electron chi connectivity index (χ1n) is 6.67. The fraction of sp³-hybridized carbons (Fsp3) is 0.923. The van der Waals surface area contributed by atoms with Crippen molar-refractivity contribution in [3.63, 3.8) is 0 Å². The number of rotatable bonds is 7. The van der Waals surface area contributed by atoms with Gasteiger partial charge in [0.1, 0.15) is 0 Å². The molecule has 4 heteroatoms. The lowest BCUT2D eigenvalue weighted by Gasteiger charge is -2.35. The Morgan fingerprint density at radius 2 is 2.12 bits per heavy atom. The molecule has 3 N–H and O–H groups in total. The van der Waals surface area contributed by atoms with Crippen molar-refractivity contribution in [3.8, 4) is 0 Å². The van der Waals surface area contributed by atoms with Crippen LogP contribution in [-0.4, -0.2) is 31.2 Å². The maximum Gasteiger partial charge on any atom is 0.220 e. The van der Waals surface area contributed by atoms with Crippen molar-refractivity contribution < 1.29 is 9.53 Å². The van der Waals surface area contributed by atoms with E-state index in [0.29, 0.717) is 30.9 Å². The third kappa shape index (κ3) is 4.64. The molecule has 1 amide bonds. The van der Waals surface area contributed by atoms with Gasteiger partial charge in [0.25, 0.3) is 0 Å². The number of carbonyl (C=O) groups is 1. The molecule has 1 atom stereocenters. The Morgan fingerprint density at radius 3 is 2.59 bits per heavy atom. The van der Waals surface area contributed by atoms with Crippen molar-refractivity contribution in [1.82, 2.24) is 5.32 Å². The van der Waals surface area contributed by atoms with Crippen LogP contribution in [0.15, 0.2) is 0 Å². The van der Waals surface area contributed by atoms with Crippen LogP contribution in [-0.2, 0) is 9.53 Å². The van der Waals surface area contributed by atoms with Crippen molar-refractivity contribution in [1.29, 1.82) is 0 Å². The lowest BCUT2D eigenvalue weighted by atomic mass is 9.80. The summed E-state index contributed by atoms with van der Waals surface area (Å²) in [6.45, 7) is 7.44. The molecule has 100 valence electrons. The van der Waals surface area contributed by atoms with Gasteiger partial charge in [0.05, 0.1) is 6.10 Å². The minimum absolute atomic E-state index is 0.102. The fourth-order valence-corrected chi connectivity index (χ4v) is 2.24. The van der Waals surface area contributed by atoms with Gasteiger partial charge in [-0.15, -0.1) is 0 Å². The van der Waals surface area contributed by atoms with Gasteiger partial charge in [-0.05, 0) is 31.6 Å². The molecule has 0 saturated heterocycles. The summed E-state index contributed by atoms with van der Waals surface area (Å²) in [5, 5.41) is 3.01. The monoisotopic (exact) mass is 242 g/mol. The van der Waals surface area contributed by atoms with E-state index >= 15 is 0 Å². The molecule has 0 aliphatic heterocycles. The molecular formula is C13H26N2O2. The molecule has 0 aromatic heterocycles. The Labute approximate surface area is 104 Å². The Morgan fingerprint density at radius 1 is 1.47 bits per heavy atom. The molecule has 0 spiro atoms. The second kappa shape index (κ2) is 6.97. The highest BCUT2D eigenvalue weighted by Gasteiger charge is 2.31. The van der Waals surface area contributed by atoms with Gasteiger partial charge in [-0.1, -0.05) is 13.8 Å². The van der Waals surface area contributed by atoms with Gasteiger partial charge in [-0.3, -0.25) is 4.79 Å². The highest BCUT2D eigenvalue weighted by Crippen LogP contribution is 2.32. The molecule has 1 fully saturated rings. The van der Waals surface area contributed by atoms with Crippen molar-refractivity contribution in [2.24, 2.45) is 17.6 Å². The van der Waals surface area contributed by atoms with Crippen LogP contribution in [0.25, 0.3) is 0 Å². The zero-order valence-electron chi connectivity index (χ0n) is 11.2. The number of carbonyl (C=O) groups excluding carboxylic acids is 1. The lowest BCUT2D eigenvalue weighted by molar-refractivity contribution is -0.125. The van der Waals surface area contributed by atoms with E-state index in [9.17, 15) is 4.79 Å². The van der Waals surface area contributed by atoms with Crippen LogP contribution in [0.4, 0.5) is 0 Å². The van der Waals surface area contributed by atoms with Crippen LogP contribution >= 0.6 is 0 Å². The highest BCUT2D eigenvalue weighted by atomic mass is 16.5. The van der Waals surface area contributed by atoms with Crippen LogP contribution < -0.4 is 11.1 Å².